The number of aromatic nitrogens is 3. The first-order valence-corrected chi connectivity index (χ1v) is 16.4. The highest BCUT2D eigenvalue weighted by atomic mass is 32.2. The van der Waals surface area contributed by atoms with Gasteiger partial charge in [0.1, 0.15) is 5.75 Å². The Morgan fingerprint density at radius 1 is 0.630 bits per heavy atom. The van der Waals surface area contributed by atoms with Crippen molar-refractivity contribution in [2.45, 2.75) is 18.0 Å². The molecule has 0 saturated heterocycles. The largest absolute Gasteiger partial charge is 0.480 e. The third kappa shape index (κ3) is 11.0. The van der Waals surface area contributed by atoms with Crippen LogP contribution < -0.4 is 4.18 Å². The summed E-state index contributed by atoms with van der Waals surface area (Å²) in [6.45, 7) is -3.07. The highest BCUT2D eigenvalue weighted by Gasteiger charge is 2.31. The molecule has 0 unspecified atom stereocenters. The van der Waals surface area contributed by atoms with E-state index in [0.717, 1.165) is 28.0 Å². The molecule has 3 heterocycles. The number of carboxylic acid groups (broad SMARTS) is 4. The van der Waals surface area contributed by atoms with Gasteiger partial charge in [-0.05, 0) is 30.3 Å². The van der Waals surface area contributed by atoms with Gasteiger partial charge in [0.05, 0.1) is 76.3 Å². The first-order chi connectivity index (χ1) is 25.4. The van der Waals surface area contributed by atoms with Crippen LogP contribution in [0.25, 0.3) is 22.8 Å². The summed E-state index contributed by atoms with van der Waals surface area (Å²) in [5.74, 6) is -5.72. The number of carbonyl (C=O) groups is 4. The standard InChI is InChI=1S/C31H27N7O15S/c39-28(40)14-35(15-29(41)42)12-18-3-1-5-22(32-18)24-10-21(53-54(51,52)27-8-7-20(37(47)48)9-26(27)38(49)50)11-25(34-24)23-6-2-4-19(33-23)13-36(16-30(43)44)17-31(45)46/h1-11H,12-17H2,(H,39,40)(H,41,42)(H,43,44)(H,45,46). The lowest BCUT2D eigenvalue weighted by atomic mass is 10.1. The van der Waals surface area contributed by atoms with Gasteiger partial charge >= 0.3 is 34.0 Å². The summed E-state index contributed by atoms with van der Waals surface area (Å²) in [5, 5.41) is 59.8. The average Bonchev–Trinajstić information content (AvgIpc) is 3.06. The molecular formula is C31H27N7O15S. The molecule has 54 heavy (non-hydrogen) atoms. The van der Waals surface area contributed by atoms with Gasteiger partial charge < -0.3 is 24.6 Å². The molecule has 1 aromatic carbocycles. The van der Waals surface area contributed by atoms with E-state index < -0.39 is 92.0 Å². The van der Waals surface area contributed by atoms with E-state index >= 15 is 0 Å². The zero-order valence-corrected chi connectivity index (χ0v) is 28.2. The van der Waals surface area contributed by atoms with E-state index in [0.29, 0.717) is 12.1 Å². The van der Waals surface area contributed by atoms with Crippen LogP contribution in [0.2, 0.25) is 0 Å². The maximum atomic E-state index is 13.5. The maximum absolute atomic E-state index is 13.5. The van der Waals surface area contributed by atoms with E-state index in [1.165, 1.54) is 36.4 Å². The molecule has 0 fully saturated rings. The molecule has 0 saturated carbocycles. The number of aliphatic carboxylic acids is 4. The second-order valence-electron chi connectivity index (χ2n) is 11.2. The lowest BCUT2D eigenvalue weighted by Crippen LogP contribution is -2.34. The van der Waals surface area contributed by atoms with Crippen molar-refractivity contribution in [3.05, 3.63) is 98.3 Å². The van der Waals surface area contributed by atoms with E-state index in [4.69, 9.17) is 4.18 Å². The first kappa shape index (κ1) is 39.8. The SMILES string of the molecule is O=C(O)CN(CC(=O)O)Cc1cccc(-c2cc(OS(=O)(=O)c3ccc([N+](=O)[O-])cc3[N+](=O)[O-])cc(-c3cccc(CN(CC(=O)O)CC(=O)O)n3)n2)n1. The van der Waals surface area contributed by atoms with Gasteiger partial charge in [-0.3, -0.25) is 49.2 Å². The topological polar surface area (TPSA) is 324 Å². The highest BCUT2D eigenvalue weighted by molar-refractivity contribution is 7.87. The molecule has 0 spiro atoms. The van der Waals surface area contributed by atoms with E-state index in [-0.39, 0.29) is 47.3 Å². The summed E-state index contributed by atoms with van der Waals surface area (Å²) in [7, 11) is -5.09. The van der Waals surface area contributed by atoms with Gasteiger partial charge in [-0.1, -0.05) is 12.1 Å². The number of carboxylic acids is 4. The van der Waals surface area contributed by atoms with Crippen LogP contribution in [0.15, 0.2) is 71.6 Å². The van der Waals surface area contributed by atoms with Crippen molar-refractivity contribution in [2.75, 3.05) is 26.2 Å². The summed E-state index contributed by atoms with van der Waals surface area (Å²) < 4.78 is 32.2. The number of nitro benzene ring substituents is 2. The molecule has 0 amide bonds. The monoisotopic (exact) mass is 769 g/mol. The lowest BCUT2D eigenvalue weighted by molar-refractivity contribution is -0.396. The van der Waals surface area contributed by atoms with Crippen LogP contribution in [0, 0.1) is 20.2 Å². The summed E-state index contributed by atoms with van der Waals surface area (Å²) in [6, 6.07) is 12.7. The minimum atomic E-state index is -5.09. The predicted octanol–water partition coefficient (Wildman–Crippen LogP) is 1.73. The Hall–Kier alpha value is -6.98. The van der Waals surface area contributed by atoms with Gasteiger partial charge in [-0.15, -0.1) is 0 Å². The van der Waals surface area contributed by atoms with Crippen molar-refractivity contribution in [2.24, 2.45) is 0 Å². The molecule has 282 valence electrons. The fraction of sp³-hybridized carbons (Fsp3) is 0.194. The number of benzene rings is 1. The fourth-order valence-electron chi connectivity index (χ4n) is 4.94. The Morgan fingerprint density at radius 2 is 1.07 bits per heavy atom. The summed E-state index contributed by atoms with van der Waals surface area (Å²) in [4.78, 5) is 80.6. The smallest absolute Gasteiger partial charge is 0.346 e. The number of rotatable bonds is 19. The number of non-ortho nitro benzene ring substituents is 1. The quantitative estimate of drug-likeness (QED) is 0.0599. The van der Waals surface area contributed by atoms with Crippen molar-refractivity contribution in [3.8, 4) is 28.5 Å². The van der Waals surface area contributed by atoms with Gasteiger partial charge in [-0.25, -0.2) is 15.0 Å². The summed E-state index contributed by atoms with van der Waals surface area (Å²) >= 11 is 0. The highest BCUT2D eigenvalue weighted by Crippen LogP contribution is 2.33. The fourth-order valence-corrected chi connectivity index (χ4v) is 6.00. The molecule has 4 N–H and O–H groups in total. The maximum Gasteiger partial charge on any atom is 0.346 e. The van der Waals surface area contributed by atoms with E-state index in [1.54, 1.807) is 0 Å². The zero-order valence-electron chi connectivity index (χ0n) is 27.4. The van der Waals surface area contributed by atoms with Gasteiger partial charge in [0.2, 0.25) is 0 Å². The molecule has 4 rings (SSSR count). The average molecular weight is 770 g/mol. The Morgan fingerprint density at radius 3 is 1.46 bits per heavy atom. The normalized spacial score (nSPS) is 11.3. The second kappa shape index (κ2) is 17.0. The second-order valence-corrected chi connectivity index (χ2v) is 12.7. The first-order valence-electron chi connectivity index (χ1n) is 15.0. The van der Waals surface area contributed by atoms with Gasteiger partial charge in [0, 0.05) is 31.3 Å². The van der Waals surface area contributed by atoms with Crippen LogP contribution in [-0.4, -0.2) is 113 Å². The molecule has 4 aromatic rings. The number of nitro groups is 2. The van der Waals surface area contributed by atoms with E-state index in [1.807, 2.05) is 0 Å². The molecule has 0 aliphatic carbocycles. The van der Waals surface area contributed by atoms with E-state index in [9.17, 15) is 68.3 Å². The number of nitrogens with zero attached hydrogens (tertiary/aromatic N) is 7. The van der Waals surface area contributed by atoms with Gasteiger partial charge in [0.15, 0.2) is 4.90 Å². The Bertz CT molecular complexity index is 2120. The van der Waals surface area contributed by atoms with Crippen molar-refractivity contribution in [1.82, 2.24) is 24.8 Å². The number of pyridine rings is 3. The van der Waals surface area contributed by atoms with Crippen molar-refractivity contribution in [3.63, 3.8) is 0 Å². The lowest BCUT2D eigenvalue weighted by Gasteiger charge is -2.18. The van der Waals surface area contributed by atoms with Gasteiger partial charge in [-0.2, -0.15) is 8.42 Å². The third-order valence-corrected chi connectivity index (χ3v) is 8.26. The summed E-state index contributed by atoms with van der Waals surface area (Å²) in [6.07, 6.45) is 0. The summed E-state index contributed by atoms with van der Waals surface area (Å²) in [5.41, 5.74) is -1.67. The molecule has 22 nitrogen and oxygen atoms in total. The molecule has 23 heteroatoms. The minimum absolute atomic E-state index is 0.0359. The van der Waals surface area contributed by atoms with Crippen molar-refractivity contribution in [1.29, 1.82) is 0 Å². The molecule has 0 aliphatic heterocycles. The third-order valence-electron chi connectivity index (χ3n) is 6.97. The molecule has 0 aliphatic rings. The Balaban J connectivity index is 1.83. The zero-order chi connectivity index (χ0) is 39.7. The minimum Gasteiger partial charge on any atom is -0.480 e. The van der Waals surface area contributed by atoms with Crippen LogP contribution in [0.1, 0.15) is 11.4 Å². The van der Waals surface area contributed by atoms with Crippen LogP contribution in [0.4, 0.5) is 11.4 Å². The van der Waals surface area contributed by atoms with Crippen LogP contribution >= 0.6 is 0 Å². The van der Waals surface area contributed by atoms with Crippen molar-refractivity contribution < 1.29 is 62.1 Å². The van der Waals surface area contributed by atoms with E-state index in [2.05, 4.69) is 15.0 Å². The molecule has 0 bridgehead atoms. The van der Waals surface area contributed by atoms with Crippen LogP contribution in [0.5, 0.6) is 5.75 Å². The Labute approximate surface area is 303 Å². The molecule has 3 aromatic heterocycles. The Kier molecular flexibility index (Phi) is 12.5. The molecular weight excluding hydrogens is 742 g/mol. The number of hydrogen-bond acceptors (Lipinski definition) is 16. The van der Waals surface area contributed by atoms with Crippen LogP contribution in [-0.2, 0) is 42.4 Å². The van der Waals surface area contributed by atoms with Crippen molar-refractivity contribution >= 4 is 45.4 Å². The number of hydrogen-bond donors (Lipinski definition) is 4. The van der Waals surface area contributed by atoms with Crippen LogP contribution in [0.3, 0.4) is 0 Å². The predicted molar refractivity (Wildman–Crippen MR) is 179 cm³/mol. The molecule has 0 radical (unpaired) electrons. The van der Waals surface area contributed by atoms with Gasteiger partial charge in [0.25, 0.3) is 11.4 Å². The molecule has 0 atom stereocenters.